The van der Waals surface area contributed by atoms with E-state index in [2.05, 4.69) is 15.4 Å². The number of amides is 1. The number of anilines is 1. The van der Waals surface area contributed by atoms with E-state index < -0.39 is 0 Å². The van der Waals surface area contributed by atoms with Gasteiger partial charge in [0.15, 0.2) is 5.65 Å². The molecule has 0 bridgehead atoms. The third-order valence-electron chi connectivity index (χ3n) is 4.89. The van der Waals surface area contributed by atoms with E-state index in [9.17, 15) is 4.79 Å². The number of nitrogens with two attached hydrogens (primary N) is 1. The summed E-state index contributed by atoms with van der Waals surface area (Å²) in [6.45, 7) is 7.13. The molecule has 0 aliphatic rings. The first-order valence-electron chi connectivity index (χ1n) is 10.6. The molecule has 4 rings (SSSR count). The smallest absolute Gasteiger partial charge is 0.257 e. The van der Waals surface area contributed by atoms with Crippen molar-refractivity contribution in [1.82, 2.24) is 20.0 Å². The molecule has 8 nitrogen and oxygen atoms in total. The van der Waals surface area contributed by atoms with Crippen molar-refractivity contribution < 1.29 is 9.53 Å². The quantitative estimate of drug-likeness (QED) is 0.433. The monoisotopic (exact) mass is 430 g/mol. The van der Waals surface area contributed by atoms with Gasteiger partial charge in [0.1, 0.15) is 22.6 Å². The second kappa shape index (κ2) is 9.05. The maximum absolute atomic E-state index is 13.0. The van der Waals surface area contributed by atoms with Crippen molar-refractivity contribution in [2.24, 2.45) is 11.0 Å². The van der Waals surface area contributed by atoms with Crippen LogP contribution in [0, 0.1) is 5.92 Å². The van der Waals surface area contributed by atoms with Gasteiger partial charge >= 0.3 is 0 Å². The zero-order chi connectivity index (χ0) is 22.7. The lowest BCUT2D eigenvalue weighted by Crippen LogP contribution is -2.28. The molecule has 2 heterocycles. The average Bonchev–Trinajstić information content (AvgIpc) is 3.05. The van der Waals surface area contributed by atoms with Crippen molar-refractivity contribution in [3.8, 4) is 5.75 Å². The van der Waals surface area contributed by atoms with Crippen molar-refractivity contribution >= 4 is 40.1 Å². The Hall–Kier alpha value is -3.94. The first kappa shape index (κ1) is 21.3. The summed E-state index contributed by atoms with van der Waals surface area (Å²) in [7, 11) is 0. The summed E-state index contributed by atoms with van der Waals surface area (Å²) >= 11 is 0. The molecule has 8 heteroatoms. The molecule has 0 spiro atoms. The van der Waals surface area contributed by atoms with Crippen molar-refractivity contribution in [3.05, 3.63) is 59.7 Å². The summed E-state index contributed by atoms with van der Waals surface area (Å²) in [5.41, 5.74) is 9.77. The lowest BCUT2D eigenvalue weighted by atomic mass is 10.2. The molecule has 0 fully saturated rings. The lowest BCUT2D eigenvalue weighted by molar-refractivity contribution is 0.0951. The van der Waals surface area contributed by atoms with Crippen LogP contribution in [0.25, 0.3) is 22.2 Å². The van der Waals surface area contributed by atoms with E-state index >= 15 is 0 Å². The van der Waals surface area contributed by atoms with Crippen LogP contribution in [0.3, 0.4) is 0 Å². The average molecular weight is 431 g/mol. The third kappa shape index (κ3) is 4.25. The van der Waals surface area contributed by atoms with E-state index in [1.54, 1.807) is 6.21 Å². The molecule has 0 unspecified atom stereocenters. The zero-order valence-electron chi connectivity index (χ0n) is 18.4. The van der Waals surface area contributed by atoms with Crippen LogP contribution in [0.1, 0.15) is 36.7 Å². The Morgan fingerprint density at radius 3 is 2.50 bits per heavy atom. The molecular formula is C24H26N6O2. The minimum absolute atomic E-state index is 0.193. The van der Waals surface area contributed by atoms with Gasteiger partial charge in [0.2, 0.25) is 0 Å². The molecule has 4 aromatic rings. The number of aromatic nitrogens is 3. The van der Waals surface area contributed by atoms with Crippen molar-refractivity contribution in [3.63, 3.8) is 0 Å². The van der Waals surface area contributed by atoms with Gasteiger partial charge < -0.3 is 15.8 Å². The van der Waals surface area contributed by atoms with Gasteiger partial charge in [-0.25, -0.2) is 9.97 Å². The normalized spacial score (nSPS) is 11.6. The molecule has 0 saturated heterocycles. The van der Waals surface area contributed by atoms with E-state index in [1.807, 2.05) is 69.3 Å². The summed E-state index contributed by atoms with van der Waals surface area (Å²) in [5, 5.41) is 7.45. The van der Waals surface area contributed by atoms with Gasteiger partial charge in [-0.1, -0.05) is 26.0 Å². The van der Waals surface area contributed by atoms with E-state index in [-0.39, 0.29) is 17.3 Å². The largest absolute Gasteiger partial charge is 0.494 e. The molecule has 0 saturated carbocycles. The Balaban J connectivity index is 1.80. The molecule has 32 heavy (non-hydrogen) atoms. The minimum atomic E-state index is -0.291. The summed E-state index contributed by atoms with van der Waals surface area (Å²) in [5.74, 6) is 0.995. The number of benzene rings is 2. The Morgan fingerprint density at radius 1 is 1.16 bits per heavy atom. The van der Waals surface area contributed by atoms with Crippen molar-refractivity contribution in [2.75, 3.05) is 18.9 Å². The van der Waals surface area contributed by atoms with Crippen LogP contribution in [0.2, 0.25) is 0 Å². The molecule has 2 aromatic heterocycles. The predicted octanol–water partition coefficient (Wildman–Crippen LogP) is 3.83. The van der Waals surface area contributed by atoms with Crippen molar-refractivity contribution in [1.29, 1.82) is 0 Å². The van der Waals surface area contributed by atoms with Gasteiger partial charge in [0.05, 0.1) is 23.9 Å². The topological polar surface area (TPSA) is 107 Å². The lowest BCUT2D eigenvalue weighted by Gasteiger charge is -2.07. The molecule has 0 atom stereocenters. The number of para-hydroxylation sites is 2. The van der Waals surface area contributed by atoms with Gasteiger partial charge in [-0.3, -0.25) is 4.79 Å². The molecule has 0 aliphatic carbocycles. The van der Waals surface area contributed by atoms with Crippen LogP contribution in [0.4, 0.5) is 5.82 Å². The van der Waals surface area contributed by atoms with Crippen LogP contribution in [0.5, 0.6) is 5.75 Å². The fourth-order valence-electron chi connectivity index (χ4n) is 3.31. The molecule has 0 aliphatic heterocycles. The third-order valence-corrected chi connectivity index (χ3v) is 4.89. The summed E-state index contributed by atoms with van der Waals surface area (Å²) in [4.78, 5) is 22.3. The van der Waals surface area contributed by atoms with E-state index in [1.165, 1.54) is 4.68 Å². The van der Waals surface area contributed by atoms with Crippen LogP contribution in [0.15, 0.2) is 53.6 Å². The number of nitrogen functional groups attached to an aromatic ring is 1. The Bertz CT molecular complexity index is 1290. The fourth-order valence-corrected chi connectivity index (χ4v) is 3.31. The second-order valence-corrected chi connectivity index (χ2v) is 7.81. The van der Waals surface area contributed by atoms with Crippen LogP contribution in [-0.2, 0) is 0 Å². The maximum Gasteiger partial charge on any atom is 0.257 e. The van der Waals surface area contributed by atoms with E-state index in [0.29, 0.717) is 41.3 Å². The number of carbonyl (C=O) groups is 1. The first-order valence-corrected chi connectivity index (χ1v) is 10.6. The Kier molecular flexibility index (Phi) is 6.02. The first-order chi connectivity index (χ1) is 15.5. The molecule has 0 radical (unpaired) electrons. The number of fused-ring (bicyclic) bond motifs is 2. The van der Waals surface area contributed by atoms with Gasteiger partial charge in [0, 0.05) is 6.54 Å². The number of carbonyl (C=O) groups excluding carboxylic acids is 1. The number of hydrogen-bond acceptors (Lipinski definition) is 6. The Labute approximate surface area is 186 Å². The van der Waals surface area contributed by atoms with E-state index in [4.69, 9.17) is 15.5 Å². The molecule has 3 N–H and O–H groups in total. The second-order valence-electron chi connectivity index (χ2n) is 7.81. The molecule has 1 amide bonds. The predicted molar refractivity (Wildman–Crippen MR) is 127 cm³/mol. The summed E-state index contributed by atoms with van der Waals surface area (Å²) < 4.78 is 6.95. The summed E-state index contributed by atoms with van der Waals surface area (Å²) in [6, 6.07) is 15.0. The highest BCUT2D eigenvalue weighted by atomic mass is 16.5. The van der Waals surface area contributed by atoms with Gasteiger partial charge in [-0.2, -0.15) is 9.78 Å². The molecular weight excluding hydrogens is 404 g/mol. The summed E-state index contributed by atoms with van der Waals surface area (Å²) in [6.07, 6.45) is 1.66. The van der Waals surface area contributed by atoms with Crippen LogP contribution < -0.4 is 15.8 Å². The number of ether oxygens (including phenoxy) is 1. The minimum Gasteiger partial charge on any atom is -0.494 e. The maximum atomic E-state index is 13.0. The van der Waals surface area contributed by atoms with Gasteiger partial charge in [-0.05, 0) is 54.8 Å². The highest BCUT2D eigenvalue weighted by molar-refractivity contribution is 6.10. The van der Waals surface area contributed by atoms with E-state index in [0.717, 1.165) is 11.3 Å². The SMILES string of the molecule is CCOc1ccc(/C=N\n2c(N)c(C(=O)NCC(C)C)c3nc4ccccc4nc32)cc1. The zero-order valence-corrected chi connectivity index (χ0v) is 18.4. The Morgan fingerprint density at radius 2 is 1.84 bits per heavy atom. The van der Waals surface area contributed by atoms with Gasteiger partial charge in [-0.15, -0.1) is 0 Å². The highest BCUT2D eigenvalue weighted by Gasteiger charge is 2.24. The van der Waals surface area contributed by atoms with Crippen LogP contribution in [-0.4, -0.2) is 39.9 Å². The van der Waals surface area contributed by atoms with Crippen molar-refractivity contribution in [2.45, 2.75) is 20.8 Å². The highest BCUT2D eigenvalue weighted by Crippen LogP contribution is 2.28. The number of rotatable bonds is 7. The standard InChI is InChI=1S/C24H26N6O2/c1-4-32-17-11-9-16(10-12-17)14-27-30-22(25)20(24(31)26-13-15(2)3)21-23(30)29-19-8-6-5-7-18(19)28-21/h5-12,14-15H,4,13,25H2,1-3H3,(H,26,31)/b27-14-. The molecule has 164 valence electrons. The molecule has 2 aromatic carbocycles. The number of hydrogen-bond donors (Lipinski definition) is 2. The fraction of sp³-hybridized carbons (Fsp3) is 0.250. The van der Waals surface area contributed by atoms with Gasteiger partial charge in [0.25, 0.3) is 5.91 Å². The number of nitrogens with one attached hydrogen (secondary N) is 1. The van der Waals surface area contributed by atoms with Crippen LogP contribution >= 0.6 is 0 Å². The number of nitrogens with zero attached hydrogens (tertiary/aromatic N) is 4.